The van der Waals surface area contributed by atoms with Crippen LogP contribution in [-0.2, 0) is 12.7 Å². The third-order valence-corrected chi connectivity index (χ3v) is 5.70. The lowest BCUT2D eigenvalue weighted by Crippen LogP contribution is -2.40. The van der Waals surface area contributed by atoms with Crippen molar-refractivity contribution in [2.24, 2.45) is 10.4 Å². The van der Waals surface area contributed by atoms with Crippen molar-refractivity contribution in [2.75, 3.05) is 20.1 Å². The van der Waals surface area contributed by atoms with Crippen LogP contribution in [0.5, 0.6) is 0 Å². The maximum absolute atomic E-state index is 12.6. The minimum absolute atomic E-state index is 0. The lowest BCUT2D eigenvalue weighted by molar-refractivity contribution is -0.140. The summed E-state index contributed by atoms with van der Waals surface area (Å²) in [6.07, 6.45) is 1.98. The SMILES string of the molecule is CN=C(NCc1nc(C(F)(F)F)cs1)N1CCC2(CCCC2)C1.I. The Kier molecular flexibility index (Phi) is 6.38. The van der Waals surface area contributed by atoms with E-state index in [4.69, 9.17) is 0 Å². The molecule has 2 aliphatic rings. The number of nitrogens with zero attached hydrogens (tertiary/aromatic N) is 3. The van der Waals surface area contributed by atoms with Gasteiger partial charge >= 0.3 is 6.18 Å². The Bertz CT molecular complexity index is 582. The maximum Gasteiger partial charge on any atom is 0.434 e. The van der Waals surface area contributed by atoms with Crippen LogP contribution in [-0.4, -0.2) is 36.0 Å². The van der Waals surface area contributed by atoms with Gasteiger partial charge in [-0.25, -0.2) is 4.98 Å². The van der Waals surface area contributed by atoms with Crippen molar-refractivity contribution in [3.63, 3.8) is 0 Å². The summed E-state index contributed by atoms with van der Waals surface area (Å²) in [5.74, 6) is 0.762. The van der Waals surface area contributed by atoms with Crippen LogP contribution in [0.25, 0.3) is 0 Å². The molecular formula is C15H22F3IN4S. The van der Waals surface area contributed by atoms with Gasteiger partial charge < -0.3 is 10.2 Å². The highest BCUT2D eigenvalue weighted by Gasteiger charge is 2.41. The van der Waals surface area contributed by atoms with Crippen molar-refractivity contribution in [3.05, 3.63) is 16.1 Å². The number of nitrogens with one attached hydrogen (secondary N) is 1. The first kappa shape index (κ1) is 19.7. The lowest BCUT2D eigenvalue weighted by atomic mass is 9.86. The Morgan fingerprint density at radius 2 is 2.08 bits per heavy atom. The molecule has 1 saturated carbocycles. The zero-order valence-corrected chi connectivity index (χ0v) is 16.7. The standard InChI is InChI=1S/C15H21F3N4S.HI/c1-19-13(22-7-6-14(10-22)4-2-3-5-14)20-8-12-21-11(9-23-12)15(16,17)18;/h9H,2-8,10H2,1H3,(H,19,20);1H. The highest BCUT2D eigenvalue weighted by molar-refractivity contribution is 14.0. The fourth-order valence-electron chi connectivity index (χ4n) is 3.66. The maximum atomic E-state index is 12.6. The molecule has 2 fully saturated rings. The molecule has 1 aliphatic heterocycles. The van der Waals surface area contributed by atoms with Gasteiger partial charge in [-0.2, -0.15) is 13.2 Å². The van der Waals surface area contributed by atoms with E-state index in [-0.39, 0.29) is 30.5 Å². The molecule has 0 aromatic carbocycles. The zero-order valence-electron chi connectivity index (χ0n) is 13.5. The molecule has 1 aromatic rings. The molecule has 3 rings (SSSR count). The molecule has 1 N–H and O–H groups in total. The first-order valence-corrected chi connectivity index (χ1v) is 8.77. The number of rotatable bonds is 2. The van der Waals surface area contributed by atoms with E-state index in [9.17, 15) is 13.2 Å². The van der Waals surface area contributed by atoms with E-state index in [0.29, 0.717) is 10.4 Å². The lowest BCUT2D eigenvalue weighted by Gasteiger charge is -2.25. The Balaban J connectivity index is 0.00000208. The number of halogens is 4. The number of hydrogen-bond acceptors (Lipinski definition) is 3. The Morgan fingerprint density at radius 3 is 2.67 bits per heavy atom. The predicted octanol–water partition coefficient (Wildman–Crippen LogP) is 4.12. The van der Waals surface area contributed by atoms with Gasteiger partial charge in [-0.3, -0.25) is 4.99 Å². The van der Waals surface area contributed by atoms with E-state index >= 15 is 0 Å². The molecule has 2 heterocycles. The van der Waals surface area contributed by atoms with E-state index in [0.717, 1.165) is 35.8 Å². The number of aliphatic imine (C=N–C) groups is 1. The number of aromatic nitrogens is 1. The fraction of sp³-hybridized carbons (Fsp3) is 0.733. The molecule has 1 aromatic heterocycles. The highest BCUT2D eigenvalue weighted by atomic mass is 127. The molecule has 24 heavy (non-hydrogen) atoms. The van der Waals surface area contributed by atoms with Crippen LogP contribution in [0.4, 0.5) is 13.2 Å². The summed E-state index contributed by atoms with van der Waals surface area (Å²) < 4.78 is 37.7. The normalized spacial score (nSPS) is 20.5. The van der Waals surface area contributed by atoms with E-state index in [1.165, 1.54) is 32.1 Å². The van der Waals surface area contributed by atoms with Crippen LogP contribution in [0.2, 0.25) is 0 Å². The van der Waals surface area contributed by atoms with Crippen LogP contribution in [0, 0.1) is 5.41 Å². The number of guanidine groups is 1. The summed E-state index contributed by atoms with van der Waals surface area (Å²) in [4.78, 5) is 10.1. The summed E-state index contributed by atoms with van der Waals surface area (Å²) >= 11 is 1.02. The smallest absolute Gasteiger partial charge is 0.350 e. The molecular weight excluding hydrogens is 452 g/mol. The fourth-order valence-corrected chi connectivity index (χ4v) is 4.40. The van der Waals surface area contributed by atoms with E-state index in [1.807, 2.05) is 0 Å². The molecule has 0 atom stereocenters. The monoisotopic (exact) mass is 474 g/mol. The van der Waals surface area contributed by atoms with E-state index in [2.05, 4.69) is 20.2 Å². The minimum Gasteiger partial charge on any atom is -0.350 e. The second-order valence-electron chi connectivity index (χ2n) is 6.40. The van der Waals surface area contributed by atoms with Crippen LogP contribution < -0.4 is 5.32 Å². The second kappa shape index (κ2) is 7.76. The van der Waals surface area contributed by atoms with Crippen molar-refractivity contribution in [2.45, 2.75) is 44.8 Å². The first-order chi connectivity index (χ1) is 10.9. The molecule has 4 nitrogen and oxygen atoms in total. The van der Waals surface area contributed by atoms with Gasteiger partial charge in [-0.15, -0.1) is 35.3 Å². The second-order valence-corrected chi connectivity index (χ2v) is 7.35. The van der Waals surface area contributed by atoms with E-state index in [1.54, 1.807) is 7.05 Å². The molecule has 0 unspecified atom stereocenters. The van der Waals surface area contributed by atoms with Gasteiger partial charge in [0.25, 0.3) is 0 Å². The number of thiazole rings is 1. The van der Waals surface area contributed by atoms with E-state index < -0.39 is 11.9 Å². The Hall–Kier alpha value is -0.580. The van der Waals surface area contributed by atoms with Gasteiger partial charge in [-0.1, -0.05) is 12.8 Å². The van der Waals surface area contributed by atoms with Crippen molar-refractivity contribution in [1.29, 1.82) is 0 Å². The number of alkyl halides is 3. The van der Waals surface area contributed by atoms with Crippen molar-refractivity contribution >= 4 is 41.3 Å². The van der Waals surface area contributed by atoms with Gasteiger partial charge in [0.05, 0.1) is 6.54 Å². The number of hydrogen-bond donors (Lipinski definition) is 1. The molecule has 1 spiro atoms. The van der Waals surface area contributed by atoms with Gasteiger partial charge in [-0.05, 0) is 24.7 Å². The molecule has 0 radical (unpaired) electrons. The van der Waals surface area contributed by atoms with Crippen LogP contribution >= 0.6 is 35.3 Å². The zero-order chi connectivity index (χ0) is 16.5. The largest absolute Gasteiger partial charge is 0.434 e. The summed E-state index contributed by atoms with van der Waals surface area (Å²) in [5.41, 5.74) is -0.386. The van der Waals surface area contributed by atoms with Crippen LogP contribution in [0.1, 0.15) is 42.8 Å². The van der Waals surface area contributed by atoms with Crippen molar-refractivity contribution < 1.29 is 13.2 Å². The quantitative estimate of drug-likeness (QED) is 0.399. The predicted molar refractivity (Wildman–Crippen MR) is 99.8 cm³/mol. The topological polar surface area (TPSA) is 40.5 Å². The summed E-state index contributed by atoms with van der Waals surface area (Å²) in [6, 6.07) is 0. The Morgan fingerprint density at radius 1 is 1.38 bits per heavy atom. The number of likely N-dealkylation sites (tertiary alicyclic amines) is 1. The van der Waals surface area contributed by atoms with Crippen LogP contribution in [0.15, 0.2) is 10.4 Å². The van der Waals surface area contributed by atoms with Gasteiger partial charge in [0.15, 0.2) is 11.7 Å². The van der Waals surface area contributed by atoms with Gasteiger partial charge in [0.2, 0.25) is 0 Å². The van der Waals surface area contributed by atoms with Gasteiger partial charge in [0.1, 0.15) is 5.01 Å². The van der Waals surface area contributed by atoms with Crippen molar-refractivity contribution in [1.82, 2.24) is 15.2 Å². The van der Waals surface area contributed by atoms with Crippen LogP contribution in [0.3, 0.4) is 0 Å². The third kappa shape index (κ3) is 4.33. The first-order valence-electron chi connectivity index (χ1n) is 7.89. The average Bonchev–Trinajstić information content (AvgIpc) is 3.22. The summed E-state index contributed by atoms with van der Waals surface area (Å²) in [5, 5.41) is 4.64. The minimum atomic E-state index is -4.37. The highest BCUT2D eigenvalue weighted by Crippen LogP contribution is 2.45. The molecule has 0 amide bonds. The summed E-state index contributed by atoms with van der Waals surface area (Å²) in [7, 11) is 1.71. The average molecular weight is 474 g/mol. The molecule has 9 heteroatoms. The molecule has 1 saturated heterocycles. The summed E-state index contributed by atoms with van der Waals surface area (Å²) in [6.45, 7) is 2.24. The van der Waals surface area contributed by atoms with Gasteiger partial charge in [0, 0.05) is 25.5 Å². The molecule has 0 bridgehead atoms. The Labute approximate surface area is 161 Å². The molecule has 1 aliphatic carbocycles. The molecule has 136 valence electrons. The van der Waals surface area contributed by atoms with Crippen molar-refractivity contribution in [3.8, 4) is 0 Å². The third-order valence-electron chi connectivity index (χ3n) is 4.85.